The summed E-state index contributed by atoms with van der Waals surface area (Å²) < 4.78 is 26.3. The number of phenolic OH excluding ortho intramolecular Hbond substituents is 1. The molecular formula is C32H35NO18. The molecule has 1 aromatic rings. The highest BCUT2D eigenvalue weighted by molar-refractivity contribution is 5.89. The van der Waals surface area contributed by atoms with Crippen LogP contribution in [0.4, 0.5) is 0 Å². The molecule has 0 aromatic heterocycles. The number of hydrogen-bond acceptors (Lipinski definition) is 16. The molecule has 0 saturated carbocycles. The molecule has 5 rings (SSSR count). The Morgan fingerprint density at radius 1 is 0.941 bits per heavy atom. The van der Waals surface area contributed by atoms with E-state index in [4.69, 9.17) is 34.3 Å². The summed E-state index contributed by atoms with van der Waals surface area (Å²) in [6.07, 6.45) is -10.8. The van der Waals surface area contributed by atoms with E-state index in [0.717, 1.165) is 12.5 Å². The molecule has 19 nitrogen and oxygen atoms in total. The van der Waals surface area contributed by atoms with Crippen molar-refractivity contribution in [2.75, 3.05) is 13.6 Å². The second kappa shape index (κ2) is 13.8. The van der Waals surface area contributed by atoms with E-state index in [-0.39, 0.29) is 29.7 Å². The van der Waals surface area contributed by atoms with Gasteiger partial charge in [0.1, 0.15) is 5.76 Å². The molecule has 0 amide bonds. The number of benzene rings is 1. The van der Waals surface area contributed by atoms with Crippen LogP contribution in [0.2, 0.25) is 0 Å². The number of esters is 4. The van der Waals surface area contributed by atoms with Gasteiger partial charge in [0.2, 0.25) is 12.2 Å². The highest BCUT2D eigenvalue weighted by atomic mass is 16.6. The number of hydrogen-bond donors (Lipinski definition) is 6. The van der Waals surface area contributed by atoms with Crippen LogP contribution in [0.1, 0.15) is 50.2 Å². The number of aliphatic hydroxyl groups is 2. The van der Waals surface area contributed by atoms with Crippen LogP contribution in [0.5, 0.6) is 11.5 Å². The van der Waals surface area contributed by atoms with Crippen molar-refractivity contribution < 1.29 is 87.9 Å². The Hall–Kier alpha value is -5.27. The lowest BCUT2D eigenvalue weighted by atomic mass is 9.50. The number of aromatic hydroxyl groups is 1. The Labute approximate surface area is 287 Å². The molecule has 6 N–H and O–H groups in total. The Balaban J connectivity index is 1.35. The van der Waals surface area contributed by atoms with Crippen molar-refractivity contribution >= 4 is 41.8 Å². The summed E-state index contributed by atoms with van der Waals surface area (Å²) >= 11 is 0. The first kappa shape index (κ1) is 37.0. The molecule has 1 spiro atoms. The second-order valence-electron chi connectivity index (χ2n) is 12.8. The number of piperidine rings is 1. The standard InChI is InChI=1S/C32H35NO18/c1-13(29(44)50-18(28(42)43)11-21(36)37)47-30(45)19(49-22(38)10-16(35)27(40)41)12-23(39)48-17-5-6-32(46)20-9-14-3-4-15(34)25-24(14)31(32,26(17)51-25)7-8-33(20)2/h3-5,13,16,18-20,26,34-35,46H,6-12H2,1-2H3,(H,36,37)(H,40,41)(H,42,43)/t13-,16-,18+,19-,20+,26-,31-,32+/m0/s1. The predicted octanol–water partition coefficient (Wildman–Crippen LogP) is -1.25. The fourth-order valence-corrected chi connectivity index (χ4v) is 7.26. The number of carbonyl (C=O) groups excluding carboxylic acids is 4. The summed E-state index contributed by atoms with van der Waals surface area (Å²) in [5.74, 6) is -11.1. The van der Waals surface area contributed by atoms with Crippen molar-refractivity contribution in [1.29, 1.82) is 0 Å². The molecule has 276 valence electrons. The zero-order chi connectivity index (χ0) is 37.6. The zero-order valence-electron chi connectivity index (χ0n) is 27.2. The summed E-state index contributed by atoms with van der Waals surface area (Å²) in [7, 11) is 1.88. The lowest BCUT2D eigenvalue weighted by Gasteiger charge is -2.61. The summed E-state index contributed by atoms with van der Waals surface area (Å²) in [6.45, 7) is 1.44. The molecule has 1 fully saturated rings. The first-order valence-corrected chi connectivity index (χ1v) is 15.7. The predicted molar refractivity (Wildman–Crippen MR) is 161 cm³/mol. The highest BCUT2D eigenvalue weighted by Crippen LogP contribution is 2.65. The zero-order valence-corrected chi connectivity index (χ0v) is 27.2. The highest BCUT2D eigenvalue weighted by Gasteiger charge is 2.72. The summed E-state index contributed by atoms with van der Waals surface area (Å²) in [4.78, 5) is 86.6. The molecule has 1 aromatic carbocycles. The van der Waals surface area contributed by atoms with Gasteiger partial charge in [0.15, 0.2) is 29.8 Å². The van der Waals surface area contributed by atoms with Gasteiger partial charge in [-0.3, -0.25) is 14.4 Å². The minimum atomic E-state index is -2.25. The van der Waals surface area contributed by atoms with E-state index in [9.17, 15) is 48.9 Å². The lowest BCUT2D eigenvalue weighted by molar-refractivity contribution is -0.185. The molecule has 51 heavy (non-hydrogen) atoms. The van der Waals surface area contributed by atoms with Crippen LogP contribution < -0.4 is 4.74 Å². The van der Waals surface area contributed by atoms with Crippen molar-refractivity contribution in [3.63, 3.8) is 0 Å². The van der Waals surface area contributed by atoms with Crippen molar-refractivity contribution in [2.45, 2.75) is 93.0 Å². The Morgan fingerprint density at radius 2 is 1.65 bits per heavy atom. The average Bonchev–Trinajstić information content (AvgIpc) is 3.40. The number of likely N-dealkylation sites (N-methyl/N-ethyl adjacent to an activating group) is 1. The van der Waals surface area contributed by atoms with Gasteiger partial charge in [0.05, 0.1) is 30.3 Å². The molecule has 1 saturated heterocycles. The number of carbonyl (C=O) groups is 7. The van der Waals surface area contributed by atoms with Crippen LogP contribution in [0.3, 0.4) is 0 Å². The first-order chi connectivity index (χ1) is 23.9. The number of aliphatic hydroxyl groups excluding tert-OH is 1. The quantitative estimate of drug-likeness (QED) is 0.0966. The average molecular weight is 722 g/mol. The first-order valence-electron chi connectivity index (χ1n) is 15.7. The second-order valence-corrected chi connectivity index (χ2v) is 12.8. The van der Waals surface area contributed by atoms with E-state index >= 15 is 0 Å². The third kappa shape index (κ3) is 6.66. The molecular weight excluding hydrogens is 686 g/mol. The SMILES string of the molecule is C[C@H](OC(=O)[C@H](CC(=O)OC1=CC[C@@]2(O)[C@H]3Cc4ccc(O)c5c4[C@@]2(CCN3C)[C@H]1O5)OC(=O)C[C@H](O)C(=O)O)C(=O)O[C@H](CC(=O)O)C(=O)O. The van der Waals surface area contributed by atoms with E-state index in [1.165, 1.54) is 12.1 Å². The van der Waals surface area contributed by atoms with Crippen molar-refractivity contribution in [3.05, 3.63) is 35.1 Å². The van der Waals surface area contributed by atoms with Gasteiger partial charge in [0.25, 0.3) is 0 Å². The summed E-state index contributed by atoms with van der Waals surface area (Å²) in [5, 5.41) is 59.4. The number of nitrogens with zero attached hydrogens (tertiary/aromatic N) is 1. The van der Waals surface area contributed by atoms with Crippen LogP contribution >= 0.6 is 0 Å². The van der Waals surface area contributed by atoms with Crippen molar-refractivity contribution in [2.24, 2.45) is 0 Å². The molecule has 19 heteroatoms. The van der Waals surface area contributed by atoms with E-state index in [1.807, 2.05) is 11.9 Å². The normalized spacial score (nSPS) is 26.5. The maximum Gasteiger partial charge on any atom is 0.348 e. The van der Waals surface area contributed by atoms with Gasteiger partial charge in [-0.2, -0.15) is 0 Å². The smallest absolute Gasteiger partial charge is 0.348 e. The number of phenols is 1. The minimum absolute atomic E-state index is 0.00535. The lowest BCUT2D eigenvalue weighted by Crippen LogP contribution is -2.74. The molecule has 8 atom stereocenters. The summed E-state index contributed by atoms with van der Waals surface area (Å²) in [5.41, 5.74) is -1.10. The van der Waals surface area contributed by atoms with Gasteiger partial charge in [-0.05, 0) is 51.1 Å². The van der Waals surface area contributed by atoms with Gasteiger partial charge in [0, 0.05) is 18.0 Å². The van der Waals surface area contributed by atoms with Gasteiger partial charge < -0.3 is 59.2 Å². The maximum absolute atomic E-state index is 13.4. The van der Waals surface area contributed by atoms with Gasteiger partial charge in [-0.25, -0.2) is 19.2 Å². The molecule has 0 radical (unpaired) electrons. The fourth-order valence-electron chi connectivity index (χ4n) is 7.26. The topological polar surface area (TPSA) is 290 Å². The van der Waals surface area contributed by atoms with E-state index in [1.54, 1.807) is 6.07 Å². The maximum atomic E-state index is 13.4. The van der Waals surface area contributed by atoms with Crippen molar-refractivity contribution in [1.82, 2.24) is 4.90 Å². The van der Waals surface area contributed by atoms with Crippen LogP contribution in [0.15, 0.2) is 24.0 Å². The minimum Gasteiger partial charge on any atom is -0.504 e. The molecule has 2 bridgehead atoms. The molecule has 0 unspecified atom stereocenters. The monoisotopic (exact) mass is 721 g/mol. The fraction of sp³-hybridized carbons (Fsp3) is 0.531. The van der Waals surface area contributed by atoms with Gasteiger partial charge in [-0.15, -0.1) is 0 Å². The number of ether oxygens (including phenoxy) is 5. The Bertz CT molecular complexity index is 1700. The third-order valence-corrected chi connectivity index (χ3v) is 9.64. The number of carboxylic acids is 3. The Morgan fingerprint density at radius 3 is 2.29 bits per heavy atom. The number of carboxylic acid groups (broad SMARTS) is 3. The van der Waals surface area contributed by atoms with Crippen LogP contribution in [-0.2, 0) is 64.3 Å². The molecule has 2 aliphatic carbocycles. The van der Waals surface area contributed by atoms with Crippen molar-refractivity contribution in [3.8, 4) is 11.5 Å². The van der Waals surface area contributed by atoms with Crippen LogP contribution in [0, 0.1) is 0 Å². The Kier molecular flexibility index (Phi) is 10.0. The van der Waals surface area contributed by atoms with Gasteiger partial charge >= 0.3 is 41.8 Å². The molecule has 4 aliphatic rings. The van der Waals surface area contributed by atoms with E-state index in [0.29, 0.717) is 24.9 Å². The van der Waals surface area contributed by atoms with Crippen LogP contribution in [0.25, 0.3) is 0 Å². The molecule has 2 aliphatic heterocycles. The molecule has 2 heterocycles. The van der Waals surface area contributed by atoms with E-state index < -0.39 is 103 Å². The number of likely N-dealkylation sites (tertiary alicyclic amines) is 1. The van der Waals surface area contributed by atoms with E-state index in [2.05, 4.69) is 4.74 Å². The van der Waals surface area contributed by atoms with Gasteiger partial charge in [-0.1, -0.05) is 6.07 Å². The third-order valence-electron chi connectivity index (χ3n) is 9.64. The summed E-state index contributed by atoms with van der Waals surface area (Å²) in [6, 6.07) is 2.86. The largest absolute Gasteiger partial charge is 0.504 e. The number of rotatable bonds is 14. The number of aliphatic carboxylic acids is 3. The van der Waals surface area contributed by atoms with Crippen LogP contribution in [-0.4, -0.2) is 133 Å².